The van der Waals surface area contributed by atoms with Crippen molar-refractivity contribution in [2.45, 2.75) is 39.7 Å². The molecule has 0 fully saturated rings. The van der Waals surface area contributed by atoms with Gasteiger partial charge in [0.2, 0.25) is 0 Å². The van der Waals surface area contributed by atoms with E-state index in [0.29, 0.717) is 11.3 Å². The maximum atomic E-state index is 13.3. The molecule has 0 saturated heterocycles. The average Bonchev–Trinajstić information content (AvgIpc) is 2.24. The van der Waals surface area contributed by atoms with Gasteiger partial charge in [0.1, 0.15) is 5.82 Å². The third-order valence-corrected chi connectivity index (χ3v) is 2.90. The lowest BCUT2D eigenvalue weighted by atomic mass is 10.1. The standard InChI is InChI=1S/C15H21FN2O3/c1-10-7-11(16)9-12(8-10)17-14(21)18(15(2,3)4)6-5-13(19)20/h7-9H,5-6H2,1-4H3,(H,17,21)(H,19,20). The molecule has 0 bridgehead atoms. The Bertz CT molecular complexity index is 518. The van der Waals surface area contributed by atoms with E-state index in [4.69, 9.17) is 5.11 Å². The smallest absolute Gasteiger partial charge is 0.322 e. The number of urea groups is 1. The fourth-order valence-corrected chi connectivity index (χ4v) is 1.95. The molecule has 21 heavy (non-hydrogen) atoms. The predicted molar refractivity (Wildman–Crippen MR) is 78.9 cm³/mol. The van der Waals surface area contributed by atoms with Gasteiger partial charge in [-0.2, -0.15) is 0 Å². The lowest BCUT2D eigenvalue weighted by Crippen LogP contribution is -2.48. The number of nitrogens with one attached hydrogen (secondary N) is 1. The minimum absolute atomic E-state index is 0.0823. The minimum Gasteiger partial charge on any atom is -0.481 e. The predicted octanol–water partition coefficient (Wildman–Crippen LogP) is 3.24. The topological polar surface area (TPSA) is 69.6 Å². The Morgan fingerprint density at radius 2 is 1.90 bits per heavy atom. The molecule has 0 aliphatic carbocycles. The molecule has 1 aromatic rings. The molecule has 1 rings (SSSR count). The Balaban J connectivity index is 2.87. The summed E-state index contributed by atoms with van der Waals surface area (Å²) in [5.74, 6) is -1.41. The zero-order chi connectivity index (χ0) is 16.2. The number of aryl methyl sites for hydroxylation is 1. The Morgan fingerprint density at radius 3 is 2.38 bits per heavy atom. The van der Waals surface area contributed by atoms with Crippen molar-refractivity contribution in [1.82, 2.24) is 4.90 Å². The van der Waals surface area contributed by atoms with Gasteiger partial charge in [-0.05, 0) is 51.5 Å². The van der Waals surface area contributed by atoms with E-state index in [1.807, 2.05) is 20.8 Å². The molecule has 0 aliphatic heterocycles. The van der Waals surface area contributed by atoms with E-state index in [1.54, 1.807) is 13.0 Å². The van der Waals surface area contributed by atoms with Crippen molar-refractivity contribution in [3.8, 4) is 0 Å². The van der Waals surface area contributed by atoms with Gasteiger partial charge < -0.3 is 15.3 Å². The maximum Gasteiger partial charge on any atom is 0.322 e. The summed E-state index contributed by atoms with van der Waals surface area (Å²) in [6, 6.07) is 3.79. The molecule has 0 radical (unpaired) electrons. The first-order valence-corrected chi connectivity index (χ1v) is 6.67. The van der Waals surface area contributed by atoms with Crippen molar-refractivity contribution in [3.63, 3.8) is 0 Å². The molecule has 6 heteroatoms. The van der Waals surface area contributed by atoms with Crippen molar-refractivity contribution in [3.05, 3.63) is 29.6 Å². The van der Waals surface area contributed by atoms with Crippen molar-refractivity contribution in [2.75, 3.05) is 11.9 Å². The first kappa shape index (κ1) is 16.9. The number of hydrogen-bond donors (Lipinski definition) is 2. The van der Waals surface area contributed by atoms with Crippen molar-refractivity contribution in [1.29, 1.82) is 0 Å². The van der Waals surface area contributed by atoms with Crippen LogP contribution in [0.25, 0.3) is 0 Å². The Hall–Kier alpha value is -2.11. The highest BCUT2D eigenvalue weighted by Gasteiger charge is 2.27. The van der Waals surface area contributed by atoms with Crippen LogP contribution in [0.1, 0.15) is 32.8 Å². The number of benzene rings is 1. The Labute approximate surface area is 123 Å². The molecule has 0 saturated carbocycles. The van der Waals surface area contributed by atoms with Gasteiger partial charge >= 0.3 is 12.0 Å². The van der Waals surface area contributed by atoms with Crippen LogP contribution >= 0.6 is 0 Å². The van der Waals surface area contributed by atoms with Crippen LogP contribution in [-0.2, 0) is 4.79 Å². The number of carboxylic acid groups (broad SMARTS) is 1. The zero-order valence-electron chi connectivity index (χ0n) is 12.7. The lowest BCUT2D eigenvalue weighted by Gasteiger charge is -2.35. The largest absolute Gasteiger partial charge is 0.481 e. The summed E-state index contributed by atoms with van der Waals surface area (Å²) < 4.78 is 13.3. The average molecular weight is 296 g/mol. The second-order valence-electron chi connectivity index (χ2n) is 5.91. The van der Waals surface area contributed by atoms with E-state index in [-0.39, 0.29) is 13.0 Å². The molecule has 0 unspecified atom stereocenters. The van der Waals surface area contributed by atoms with Gasteiger partial charge in [-0.15, -0.1) is 0 Å². The van der Waals surface area contributed by atoms with Crippen LogP contribution in [0, 0.1) is 12.7 Å². The van der Waals surface area contributed by atoms with Gasteiger partial charge in [0.15, 0.2) is 0 Å². The minimum atomic E-state index is -0.973. The molecule has 5 nitrogen and oxygen atoms in total. The third-order valence-electron chi connectivity index (χ3n) is 2.90. The lowest BCUT2D eigenvalue weighted by molar-refractivity contribution is -0.137. The number of nitrogens with zero attached hydrogens (tertiary/aromatic N) is 1. The molecule has 2 amide bonds. The van der Waals surface area contributed by atoms with Crippen molar-refractivity contribution >= 4 is 17.7 Å². The van der Waals surface area contributed by atoms with Crippen LogP contribution in [0.3, 0.4) is 0 Å². The number of anilines is 1. The molecule has 0 heterocycles. The number of aliphatic carboxylic acids is 1. The molecule has 0 aliphatic rings. The fourth-order valence-electron chi connectivity index (χ4n) is 1.95. The highest BCUT2D eigenvalue weighted by molar-refractivity contribution is 5.90. The first-order chi connectivity index (χ1) is 9.59. The van der Waals surface area contributed by atoms with E-state index < -0.39 is 23.4 Å². The molecule has 0 spiro atoms. The number of amides is 2. The monoisotopic (exact) mass is 296 g/mol. The molecule has 0 aromatic heterocycles. The van der Waals surface area contributed by atoms with Crippen molar-refractivity contribution in [2.24, 2.45) is 0 Å². The number of halogens is 1. The van der Waals surface area contributed by atoms with E-state index in [0.717, 1.165) is 0 Å². The Morgan fingerprint density at radius 1 is 1.29 bits per heavy atom. The quantitative estimate of drug-likeness (QED) is 0.896. The zero-order valence-corrected chi connectivity index (χ0v) is 12.7. The van der Waals surface area contributed by atoms with E-state index >= 15 is 0 Å². The van der Waals surface area contributed by atoms with Crippen LogP contribution in [0.4, 0.5) is 14.9 Å². The summed E-state index contributed by atoms with van der Waals surface area (Å²) in [6.07, 6.45) is -0.146. The molecular weight excluding hydrogens is 275 g/mol. The summed E-state index contributed by atoms with van der Waals surface area (Å²) in [5, 5.41) is 11.4. The second-order valence-corrected chi connectivity index (χ2v) is 5.91. The Kier molecular flexibility index (Phi) is 5.29. The summed E-state index contributed by atoms with van der Waals surface area (Å²) in [4.78, 5) is 24.4. The summed E-state index contributed by atoms with van der Waals surface area (Å²) in [7, 11) is 0. The number of carboxylic acids is 1. The summed E-state index contributed by atoms with van der Waals surface area (Å²) in [5.41, 5.74) is 0.502. The number of rotatable bonds is 4. The van der Waals surface area contributed by atoms with Gasteiger partial charge in [0.25, 0.3) is 0 Å². The second kappa shape index (κ2) is 6.56. The fraction of sp³-hybridized carbons (Fsp3) is 0.467. The molecule has 1 aromatic carbocycles. The van der Waals surface area contributed by atoms with Crippen LogP contribution in [0.2, 0.25) is 0 Å². The van der Waals surface area contributed by atoms with Gasteiger partial charge in [-0.25, -0.2) is 9.18 Å². The van der Waals surface area contributed by atoms with Gasteiger partial charge in [-0.1, -0.05) is 0 Å². The number of hydrogen-bond acceptors (Lipinski definition) is 2. The number of carbonyl (C=O) groups is 2. The summed E-state index contributed by atoms with van der Waals surface area (Å²) in [6.45, 7) is 7.24. The van der Waals surface area contributed by atoms with Crippen LogP contribution in [-0.4, -0.2) is 34.1 Å². The van der Waals surface area contributed by atoms with Crippen LogP contribution < -0.4 is 5.32 Å². The van der Waals surface area contributed by atoms with E-state index in [1.165, 1.54) is 17.0 Å². The van der Waals surface area contributed by atoms with Crippen LogP contribution in [0.5, 0.6) is 0 Å². The molecular formula is C15H21FN2O3. The SMILES string of the molecule is Cc1cc(F)cc(NC(=O)N(CCC(=O)O)C(C)(C)C)c1. The third kappa shape index (κ3) is 5.41. The highest BCUT2D eigenvalue weighted by atomic mass is 19.1. The van der Waals surface area contributed by atoms with Gasteiger partial charge in [-0.3, -0.25) is 4.79 Å². The normalized spacial score (nSPS) is 11.1. The van der Waals surface area contributed by atoms with Gasteiger partial charge in [0, 0.05) is 17.8 Å². The highest BCUT2D eigenvalue weighted by Crippen LogP contribution is 2.18. The van der Waals surface area contributed by atoms with Crippen molar-refractivity contribution < 1.29 is 19.1 Å². The van der Waals surface area contributed by atoms with E-state index in [9.17, 15) is 14.0 Å². The van der Waals surface area contributed by atoms with Crippen LogP contribution in [0.15, 0.2) is 18.2 Å². The first-order valence-electron chi connectivity index (χ1n) is 6.67. The molecule has 0 atom stereocenters. The maximum absolute atomic E-state index is 13.3. The molecule has 116 valence electrons. The van der Waals surface area contributed by atoms with E-state index in [2.05, 4.69) is 5.32 Å². The summed E-state index contributed by atoms with van der Waals surface area (Å²) >= 11 is 0. The number of carbonyl (C=O) groups excluding carboxylic acids is 1. The molecule has 2 N–H and O–H groups in total. The van der Waals surface area contributed by atoms with Gasteiger partial charge in [0.05, 0.1) is 6.42 Å².